The molecular weight excluding hydrogens is 352 g/mol. The van der Waals surface area contributed by atoms with Gasteiger partial charge in [0.15, 0.2) is 17.3 Å². The van der Waals surface area contributed by atoms with Crippen molar-refractivity contribution in [2.45, 2.75) is 32.9 Å². The summed E-state index contributed by atoms with van der Waals surface area (Å²) in [6.07, 6.45) is 0.776. The van der Waals surface area contributed by atoms with Gasteiger partial charge in [-0.05, 0) is 39.3 Å². The Labute approximate surface area is 158 Å². The summed E-state index contributed by atoms with van der Waals surface area (Å²) in [6, 6.07) is 3.29. The fourth-order valence-electron chi connectivity index (χ4n) is 3.50. The lowest BCUT2D eigenvalue weighted by Crippen LogP contribution is -2.44. The zero-order valence-electron chi connectivity index (χ0n) is 15.7. The van der Waals surface area contributed by atoms with Crippen molar-refractivity contribution in [3.05, 3.63) is 17.7 Å². The molecule has 148 valence electrons. The van der Waals surface area contributed by atoms with Crippen LogP contribution in [0.3, 0.4) is 0 Å². The fourth-order valence-corrected chi connectivity index (χ4v) is 3.50. The molecular formula is C19H26N2O6. The van der Waals surface area contributed by atoms with Crippen molar-refractivity contribution in [1.82, 2.24) is 4.90 Å². The third-order valence-corrected chi connectivity index (χ3v) is 4.77. The Morgan fingerprint density at radius 3 is 2.81 bits per heavy atom. The van der Waals surface area contributed by atoms with Crippen LogP contribution in [0.25, 0.3) is 0 Å². The number of ketones is 1. The molecule has 0 aromatic heterocycles. The maximum atomic E-state index is 12.0. The largest absolute Gasteiger partial charge is 0.466 e. The molecule has 0 spiro atoms. The lowest BCUT2D eigenvalue weighted by molar-refractivity contribution is -0.150. The first-order chi connectivity index (χ1) is 13.0. The molecule has 2 aliphatic heterocycles. The number of hydrogen-bond acceptors (Lipinski definition) is 8. The number of nitrogens with zero attached hydrogens (tertiary/aromatic N) is 1. The van der Waals surface area contributed by atoms with Gasteiger partial charge in [-0.3, -0.25) is 14.5 Å². The van der Waals surface area contributed by atoms with Crippen LogP contribution in [0.2, 0.25) is 0 Å². The van der Waals surface area contributed by atoms with Gasteiger partial charge in [-0.25, -0.2) is 0 Å². The van der Waals surface area contributed by atoms with Crippen LogP contribution >= 0.6 is 0 Å². The molecule has 2 heterocycles. The lowest BCUT2D eigenvalue weighted by atomic mass is 9.98. The topological polar surface area (TPSA) is 97.3 Å². The zero-order valence-corrected chi connectivity index (χ0v) is 15.7. The smallest absolute Gasteiger partial charge is 0.310 e. The van der Waals surface area contributed by atoms with Crippen molar-refractivity contribution < 1.29 is 28.9 Å². The number of carbonyl (C=O) groups excluding carboxylic acids is 2. The highest BCUT2D eigenvalue weighted by Crippen LogP contribution is 2.37. The molecule has 0 amide bonds. The predicted molar refractivity (Wildman–Crippen MR) is 98.0 cm³/mol. The summed E-state index contributed by atoms with van der Waals surface area (Å²) >= 11 is 0. The number of Topliss-reactive ketones (excluding diaryl/α,β-unsaturated/α-hetero) is 1. The molecule has 0 radical (unpaired) electrons. The second-order valence-electron chi connectivity index (χ2n) is 6.82. The maximum Gasteiger partial charge on any atom is 0.310 e. The third-order valence-electron chi connectivity index (χ3n) is 4.77. The van der Waals surface area contributed by atoms with E-state index in [0.717, 1.165) is 19.4 Å². The van der Waals surface area contributed by atoms with Crippen LogP contribution < -0.4 is 14.8 Å². The van der Waals surface area contributed by atoms with E-state index in [9.17, 15) is 14.7 Å². The molecule has 1 fully saturated rings. The minimum Gasteiger partial charge on any atom is -0.466 e. The van der Waals surface area contributed by atoms with Gasteiger partial charge in [-0.1, -0.05) is 0 Å². The number of β-amino-alcohol motifs (C(OH)–C–C–N with tert-alkyl or cyclic N) is 1. The summed E-state index contributed by atoms with van der Waals surface area (Å²) in [4.78, 5) is 25.9. The van der Waals surface area contributed by atoms with Crippen LogP contribution in [0.1, 0.15) is 37.0 Å². The number of aliphatic hydroxyl groups excluding tert-OH is 1. The first-order valence-corrected chi connectivity index (χ1v) is 9.26. The summed E-state index contributed by atoms with van der Waals surface area (Å²) in [6.45, 7) is 5.43. The highest BCUT2D eigenvalue weighted by atomic mass is 16.7. The molecule has 3 rings (SSSR count). The van der Waals surface area contributed by atoms with Crippen LogP contribution in [0.4, 0.5) is 5.69 Å². The van der Waals surface area contributed by atoms with E-state index >= 15 is 0 Å². The number of esters is 1. The van der Waals surface area contributed by atoms with Crippen molar-refractivity contribution in [2.75, 3.05) is 38.4 Å². The van der Waals surface area contributed by atoms with Gasteiger partial charge < -0.3 is 24.6 Å². The number of nitrogens with one attached hydrogen (secondary N) is 1. The molecule has 2 N–H and O–H groups in total. The molecule has 0 aliphatic carbocycles. The molecule has 2 unspecified atom stereocenters. The number of benzene rings is 1. The molecule has 2 atom stereocenters. The Hall–Kier alpha value is -2.32. The van der Waals surface area contributed by atoms with Crippen molar-refractivity contribution in [3.63, 3.8) is 0 Å². The van der Waals surface area contributed by atoms with Crippen molar-refractivity contribution >= 4 is 17.4 Å². The first-order valence-electron chi connectivity index (χ1n) is 9.26. The Balaban J connectivity index is 1.63. The van der Waals surface area contributed by atoms with E-state index in [1.807, 2.05) is 4.90 Å². The molecule has 0 bridgehead atoms. The van der Waals surface area contributed by atoms with E-state index in [2.05, 4.69) is 5.32 Å². The number of carbonyl (C=O) groups is 2. The molecule has 0 saturated carbocycles. The average Bonchev–Trinajstić information content (AvgIpc) is 3.08. The molecule has 1 aromatic rings. The molecule has 8 heteroatoms. The zero-order chi connectivity index (χ0) is 19.4. The van der Waals surface area contributed by atoms with Gasteiger partial charge in [0.05, 0.1) is 18.2 Å². The number of anilines is 1. The van der Waals surface area contributed by atoms with E-state index in [0.29, 0.717) is 42.4 Å². The highest BCUT2D eigenvalue weighted by Gasteiger charge is 2.28. The number of rotatable bonds is 7. The van der Waals surface area contributed by atoms with Crippen LogP contribution in [0.5, 0.6) is 11.5 Å². The number of likely N-dealkylation sites (tertiary alicyclic amines) is 1. The minimum atomic E-state index is -0.899. The summed E-state index contributed by atoms with van der Waals surface area (Å²) in [5.74, 6) is 0.579. The number of hydrogen-bond donors (Lipinski definition) is 2. The quantitative estimate of drug-likeness (QED) is 0.420. The Morgan fingerprint density at radius 1 is 1.37 bits per heavy atom. The predicted octanol–water partition coefficient (Wildman–Crippen LogP) is 1.62. The van der Waals surface area contributed by atoms with Gasteiger partial charge in [0, 0.05) is 24.7 Å². The average molecular weight is 378 g/mol. The summed E-state index contributed by atoms with van der Waals surface area (Å²) in [7, 11) is 0. The second-order valence-corrected chi connectivity index (χ2v) is 6.82. The van der Waals surface area contributed by atoms with E-state index < -0.39 is 6.23 Å². The molecule has 2 aliphatic rings. The van der Waals surface area contributed by atoms with Gasteiger partial charge in [-0.15, -0.1) is 0 Å². The summed E-state index contributed by atoms with van der Waals surface area (Å²) < 4.78 is 15.8. The normalized spacial score (nSPS) is 20.2. The SMILES string of the molecule is CCOC(=O)C1CCCN(CC(O)Nc2cc3c(cc2C(C)=O)OCO3)C1. The standard InChI is InChI=1S/C19H26N2O6/c1-3-25-19(24)13-5-4-6-21(9-13)10-18(23)20-15-8-17-16(26-11-27-17)7-14(15)12(2)22/h7-8,13,18,20,23H,3-6,9-11H2,1-2H3. The Morgan fingerprint density at radius 2 is 2.11 bits per heavy atom. The van der Waals surface area contributed by atoms with Crippen molar-refractivity contribution in [3.8, 4) is 11.5 Å². The lowest BCUT2D eigenvalue weighted by Gasteiger charge is -2.33. The van der Waals surface area contributed by atoms with Gasteiger partial charge in [0.2, 0.25) is 6.79 Å². The number of piperidine rings is 1. The van der Waals surface area contributed by atoms with Crippen molar-refractivity contribution in [2.24, 2.45) is 5.92 Å². The van der Waals surface area contributed by atoms with Gasteiger partial charge in [-0.2, -0.15) is 0 Å². The molecule has 1 saturated heterocycles. The van der Waals surface area contributed by atoms with E-state index in [1.54, 1.807) is 19.1 Å². The van der Waals surface area contributed by atoms with Gasteiger partial charge >= 0.3 is 5.97 Å². The van der Waals surface area contributed by atoms with Crippen LogP contribution in [0, 0.1) is 5.92 Å². The first kappa shape index (κ1) is 19.4. The van der Waals surface area contributed by atoms with E-state index in [1.165, 1.54) is 6.92 Å². The molecule has 8 nitrogen and oxygen atoms in total. The summed E-state index contributed by atoms with van der Waals surface area (Å²) in [5, 5.41) is 13.5. The minimum absolute atomic E-state index is 0.113. The monoisotopic (exact) mass is 378 g/mol. The second kappa shape index (κ2) is 8.58. The Kier molecular flexibility index (Phi) is 6.18. The van der Waals surface area contributed by atoms with Gasteiger partial charge in [0.25, 0.3) is 0 Å². The third kappa shape index (κ3) is 4.70. The number of fused-ring (bicyclic) bond motifs is 1. The number of ether oxygens (including phenoxy) is 3. The Bertz CT molecular complexity index is 708. The highest BCUT2D eigenvalue weighted by molar-refractivity contribution is 6.00. The summed E-state index contributed by atoms with van der Waals surface area (Å²) in [5.41, 5.74) is 0.930. The molecule has 1 aromatic carbocycles. The van der Waals surface area contributed by atoms with E-state index in [4.69, 9.17) is 14.2 Å². The van der Waals surface area contributed by atoms with Crippen LogP contribution in [0.15, 0.2) is 12.1 Å². The van der Waals surface area contributed by atoms with Gasteiger partial charge in [0.1, 0.15) is 6.23 Å². The van der Waals surface area contributed by atoms with Crippen LogP contribution in [-0.2, 0) is 9.53 Å². The number of aliphatic hydroxyl groups is 1. The fraction of sp³-hybridized carbons (Fsp3) is 0.579. The van der Waals surface area contributed by atoms with Crippen molar-refractivity contribution in [1.29, 1.82) is 0 Å². The van der Waals surface area contributed by atoms with Crippen LogP contribution in [-0.4, -0.2) is 61.0 Å². The molecule has 27 heavy (non-hydrogen) atoms. The van der Waals surface area contributed by atoms with E-state index in [-0.39, 0.29) is 24.5 Å². The maximum absolute atomic E-state index is 12.0.